The number of hydrogen-bond donors (Lipinski definition) is 1. The van der Waals surface area contributed by atoms with E-state index in [9.17, 15) is 4.79 Å². The number of amides is 1. The van der Waals surface area contributed by atoms with Crippen molar-refractivity contribution in [1.29, 1.82) is 0 Å². The van der Waals surface area contributed by atoms with Crippen LogP contribution in [0.5, 0.6) is 0 Å². The molecule has 26 heavy (non-hydrogen) atoms. The van der Waals surface area contributed by atoms with Crippen molar-refractivity contribution < 1.29 is 9.32 Å². The van der Waals surface area contributed by atoms with Crippen LogP contribution in [-0.4, -0.2) is 16.0 Å². The fourth-order valence-electron chi connectivity index (χ4n) is 2.98. The molecule has 5 heteroatoms. The molecule has 2 aromatic rings. The van der Waals surface area contributed by atoms with E-state index < -0.39 is 0 Å². The number of nitrogens with one attached hydrogen (secondary N) is 1. The standard InChI is InChI=1S/C21H29N3O2/c1-14-8-10-15(11-9-14)19(16-12-13-16)22-17(25)6-5-7-18-23-20(24-26-18)21(2,3)4/h8-11,16,19H,5-7,12-13H2,1-4H3,(H,22,25). The van der Waals surface area contributed by atoms with E-state index in [4.69, 9.17) is 4.52 Å². The number of benzene rings is 1. The van der Waals surface area contributed by atoms with Gasteiger partial charge in [-0.25, -0.2) is 0 Å². The summed E-state index contributed by atoms with van der Waals surface area (Å²) in [5.74, 6) is 2.00. The van der Waals surface area contributed by atoms with E-state index in [1.54, 1.807) is 0 Å². The molecule has 5 nitrogen and oxygen atoms in total. The van der Waals surface area contributed by atoms with E-state index >= 15 is 0 Å². The minimum atomic E-state index is -0.120. The summed E-state index contributed by atoms with van der Waals surface area (Å²) in [5, 5.41) is 7.25. The van der Waals surface area contributed by atoms with Crippen LogP contribution in [0.1, 0.15) is 75.3 Å². The van der Waals surface area contributed by atoms with E-state index in [1.165, 1.54) is 24.0 Å². The first-order valence-corrected chi connectivity index (χ1v) is 9.52. The topological polar surface area (TPSA) is 68.0 Å². The first kappa shape index (κ1) is 18.6. The van der Waals surface area contributed by atoms with Crippen molar-refractivity contribution in [2.45, 2.75) is 71.3 Å². The number of aromatic nitrogens is 2. The Morgan fingerprint density at radius 2 is 1.96 bits per heavy atom. The van der Waals surface area contributed by atoms with Gasteiger partial charge in [0.1, 0.15) is 0 Å². The highest BCUT2D eigenvalue weighted by molar-refractivity contribution is 5.76. The Bertz CT molecular complexity index is 739. The van der Waals surface area contributed by atoms with Crippen LogP contribution in [0.3, 0.4) is 0 Å². The second-order valence-corrected chi connectivity index (χ2v) is 8.41. The third-order valence-corrected chi connectivity index (χ3v) is 4.78. The van der Waals surface area contributed by atoms with Crippen molar-refractivity contribution >= 4 is 5.91 Å². The van der Waals surface area contributed by atoms with Crippen molar-refractivity contribution in [2.75, 3.05) is 0 Å². The Morgan fingerprint density at radius 3 is 2.54 bits per heavy atom. The van der Waals surface area contributed by atoms with Crippen molar-refractivity contribution in [2.24, 2.45) is 5.92 Å². The molecular weight excluding hydrogens is 326 g/mol. The lowest BCUT2D eigenvalue weighted by Crippen LogP contribution is -2.29. The molecule has 0 bridgehead atoms. The fraction of sp³-hybridized carbons (Fsp3) is 0.571. The van der Waals surface area contributed by atoms with Crippen LogP contribution in [0.2, 0.25) is 0 Å². The Hall–Kier alpha value is -2.17. The van der Waals surface area contributed by atoms with Gasteiger partial charge in [-0.1, -0.05) is 55.8 Å². The number of rotatable bonds is 7. The average molecular weight is 355 g/mol. The Kier molecular flexibility index (Phi) is 5.44. The molecule has 0 aliphatic heterocycles. The Morgan fingerprint density at radius 1 is 1.27 bits per heavy atom. The highest BCUT2D eigenvalue weighted by atomic mass is 16.5. The molecule has 1 amide bonds. The number of aryl methyl sites for hydroxylation is 2. The van der Waals surface area contributed by atoms with Gasteiger partial charge in [0, 0.05) is 18.3 Å². The fourth-order valence-corrected chi connectivity index (χ4v) is 2.98. The molecule has 0 spiro atoms. The average Bonchev–Trinajstić information content (AvgIpc) is 3.30. The van der Waals surface area contributed by atoms with Gasteiger partial charge in [-0.05, 0) is 37.7 Å². The zero-order chi connectivity index (χ0) is 18.7. The van der Waals surface area contributed by atoms with Gasteiger partial charge in [-0.3, -0.25) is 4.79 Å². The molecule has 1 atom stereocenters. The molecule has 1 N–H and O–H groups in total. The van der Waals surface area contributed by atoms with Crippen molar-refractivity contribution in [3.05, 3.63) is 47.1 Å². The Labute approximate surface area is 155 Å². The number of carbonyl (C=O) groups excluding carboxylic acids is 1. The first-order valence-electron chi connectivity index (χ1n) is 9.52. The zero-order valence-corrected chi connectivity index (χ0v) is 16.2. The van der Waals surface area contributed by atoms with Gasteiger partial charge in [-0.15, -0.1) is 0 Å². The van der Waals surface area contributed by atoms with Crippen molar-refractivity contribution in [1.82, 2.24) is 15.5 Å². The molecule has 1 aliphatic rings. The molecule has 140 valence electrons. The van der Waals surface area contributed by atoms with Crippen LogP contribution < -0.4 is 5.32 Å². The predicted octanol–water partition coefficient (Wildman–Crippen LogP) is 4.27. The quantitative estimate of drug-likeness (QED) is 0.805. The molecule has 1 saturated carbocycles. The van der Waals surface area contributed by atoms with Gasteiger partial charge >= 0.3 is 0 Å². The minimum absolute atomic E-state index is 0.0954. The Balaban J connectivity index is 1.50. The summed E-state index contributed by atoms with van der Waals surface area (Å²) in [7, 11) is 0. The van der Waals surface area contributed by atoms with Gasteiger partial charge in [0.15, 0.2) is 5.82 Å². The third-order valence-electron chi connectivity index (χ3n) is 4.78. The molecule has 1 heterocycles. The third kappa shape index (κ3) is 4.93. The largest absolute Gasteiger partial charge is 0.349 e. The molecule has 1 fully saturated rings. The zero-order valence-electron chi connectivity index (χ0n) is 16.2. The molecular formula is C21H29N3O2. The summed E-state index contributed by atoms with van der Waals surface area (Å²) in [6.07, 6.45) is 4.20. The van der Waals surface area contributed by atoms with Crippen molar-refractivity contribution in [3.63, 3.8) is 0 Å². The lowest BCUT2D eigenvalue weighted by atomic mass is 9.96. The molecule has 1 aromatic heterocycles. The van der Waals surface area contributed by atoms with Crippen LogP contribution >= 0.6 is 0 Å². The smallest absolute Gasteiger partial charge is 0.226 e. The first-order chi connectivity index (χ1) is 12.3. The van der Waals surface area contributed by atoms with Gasteiger partial charge < -0.3 is 9.84 Å². The maximum atomic E-state index is 12.4. The number of carbonyl (C=O) groups is 1. The van der Waals surface area contributed by atoms with Gasteiger partial charge in [-0.2, -0.15) is 4.98 Å². The second-order valence-electron chi connectivity index (χ2n) is 8.41. The second kappa shape index (κ2) is 7.60. The van der Waals surface area contributed by atoms with Crippen LogP contribution in [0.25, 0.3) is 0 Å². The summed E-state index contributed by atoms with van der Waals surface area (Å²) in [5.41, 5.74) is 2.33. The maximum absolute atomic E-state index is 12.4. The summed E-state index contributed by atoms with van der Waals surface area (Å²) >= 11 is 0. The highest BCUT2D eigenvalue weighted by Gasteiger charge is 2.33. The molecule has 1 aliphatic carbocycles. The van der Waals surface area contributed by atoms with Gasteiger partial charge in [0.25, 0.3) is 0 Å². The normalized spacial score (nSPS) is 15.7. The van der Waals surface area contributed by atoms with Crippen molar-refractivity contribution in [3.8, 4) is 0 Å². The summed E-state index contributed by atoms with van der Waals surface area (Å²) in [6.45, 7) is 8.24. The summed E-state index contributed by atoms with van der Waals surface area (Å²) in [6, 6.07) is 8.62. The highest BCUT2D eigenvalue weighted by Crippen LogP contribution is 2.41. The summed E-state index contributed by atoms with van der Waals surface area (Å²) < 4.78 is 5.29. The molecule has 1 unspecified atom stereocenters. The van der Waals surface area contributed by atoms with E-state index in [0.29, 0.717) is 36.9 Å². The van der Waals surface area contributed by atoms with Gasteiger partial charge in [0.2, 0.25) is 11.8 Å². The lowest BCUT2D eigenvalue weighted by molar-refractivity contribution is -0.122. The predicted molar refractivity (Wildman–Crippen MR) is 101 cm³/mol. The monoisotopic (exact) mass is 355 g/mol. The van der Waals surface area contributed by atoms with Crippen LogP contribution in [0.15, 0.2) is 28.8 Å². The van der Waals surface area contributed by atoms with Crippen LogP contribution in [0, 0.1) is 12.8 Å². The number of nitrogens with zero attached hydrogens (tertiary/aromatic N) is 2. The van der Waals surface area contributed by atoms with Crippen LogP contribution in [-0.2, 0) is 16.6 Å². The minimum Gasteiger partial charge on any atom is -0.349 e. The molecule has 1 aromatic carbocycles. The lowest BCUT2D eigenvalue weighted by Gasteiger charge is -2.19. The summed E-state index contributed by atoms with van der Waals surface area (Å²) in [4.78, 5) is 16.8. The van der Waals surface area contributed by atoms with Crippen LogP contribution in [0.4, 0.5) is 0 Å². The maximum Gasteiger partial charge on any atom is 0.226 e. The SMILES string of the molecule is Cc1ccc(C(NC(=O)CCCc2nc(C(C)(C)C)no2)C2CC2)cc1. The van der Waals surface area contributed by atoms with E-state index in [1.807, 2.05) is 0 Å². The molecule has 0 saturated heterocycles. The van der Waals surface area contributed by atoms with Gasteiger partial charge in [0.05, 0.1) is 6.04 Å². The van der Waals surface area contributed by atoms with E-state index in [2.05, 4.69) is 67.4 Å². The molecule has 3 rings (SSSR count). The number of hydrogen-bond acceptors (Lipinski definition) is 4. The van der Waals surface area contributed by atoms with E-state index in [-0.39, 0.29) is 17.4 Å². The van der Waals surface area contributed by atoms with E-state index in [0.717, 1.165) is 0 Å². The molecule has 0 radical (unpaired) electrons.